The van der Waals surface area contributed by atoms with Crippen molar-refractivity contribution in [3.63, 3.8) is 0 Å². The molecule has 1 aromatic carbocycles. The summed E-state index contributed by atoms with van der Waals surface area (Å²) in [5.41, 5.74) is 1.09. The van der Waals surface area contributed by atoms with Gasteiger partial charge in [-0.25, -0.2) is 0 Å². The molecule has 0 saturated carbocycles. The van der Waals surface area contributed by atoms with Gasteiger partial charge in [-0.1, -0.05) is 0 Å². The Kier molecular flexibility index (Phi) is 2.03. The second-order valence-electron chi connectivity index (χ2n) is 3.05. The van der Waals surface area contributed by atoms with Crippen molar-refractivity contribution in [1.82, 2.24) is 4.57 Å². The van der Waals surface area contributed by atoms with Crippen molar-refractivity contribution >= 4 is 32.5 Å². The average molecular weight is 255 g/mol. The minimum Gasteiger partial charge on any atom is -0.349 e. The lowest BCUT2D eigenvalue weighted by molar-refractivity contribution is -0.384. The van der Waals surface area contributed by atoms with Gasteiger partial charge in [0.25, 0.3) is 5.69 Å². The first kappa shape index (κ1) is 9.21. The Morgan fingerprint density at radius 2 is 2.21 bits per heavy atom. The molecule has 0 fully saturated rings. The molecule has 2 aromatic rings. The Balaban J connectivity index is 2.77. The van der Waals surface area contributed by atoms with Crippen LogP contribution in [-0.2, 0) is 7.05 Å². The molecule has 0 aliphatic rings. The lowest BCUT2D eigenvalue weighted by Gasteiger charge is -1.95. The molecule has 1 aromatic heterocycles. The van der Waals surface area contributed by atoms with Gasteiger partial charge in [-0.3, -0.25) is 10.1 Å². The van der Waals surface area contributed by atoms with E-state index in [0.29, 0.717) is 0 Å². The minimum absolute atomic E-state index is 0.115. The standard InChI is InChI=1S/C9H7BrN2O2/c1-11-5-8(10)7-4-6(12(13)14)2-3-9(7)11/h2-5H,1H3. The number of hydrogen-bond donors (Lipinski definition) is 0. The SMILES string of the molecule is Cn1cc(Br)c2cc([N+](=O)[O-])ccc21. The molecule has 0 aliphatic heterocycles. The molecule has 72 valence electrons. The maximum Gasteiger partial charge on any atom is 0.270 e. The van der Waals surface area contributed by atoms with E-state index in [9.17, 15) is 10.1 Å². The summed E-state index contributed by atoms with van der Waals surface area (Å²) < 4.78 is 2.79. The molecule has 0 radical (unpaired) electrons. The van der Waals surface area contributed by atoms with Crippen LogP contribution in [0.25, 0.3) is 10.9 Å². The van der Waals surface area contributed by atoms with Crippen LogP contribution >= 0.6 is 15.9 Å². The van der Waals surface area contributed by atoms with E-state index in [-0.39, 0.29) is 5.69 Å². The summed E-state index contributed by atoms with van der Waals surface area (Å²) in [6, 6.07) is 4.83. The number of rotatable bonds is 1. The number of halogens is 1. The van der Waals surface area contributed by atoms with Crippen molar-refractivity contribution < 1.29 is 4.92 Å². The monoisotopic (exact) mass is 254 g/mol. The molecule has 0 spiro atoms. The summed E-state index contributed by atoms with van der Waals surface area (Å²) >= 11 is 3.36. The smallest absolute Gasteiger partial charge is 0.270 e. The van der Waals surface area contributed by atoms with Gasteiger partial charge in [-0.2, -0.15) is 0 Å². The molecule has 0 unspecified atom stereocenters. The lowest BCUT2D eigenvalue weighted by Crippen LogP contribution is -1.88. The molecule has 4 nitrogen and oxygen atoms in total. The third kappa shape index (κ3) is 1.29. The van der Waals surface area contributed by atoms with Crippen molar-refractivity contribution in [2.24, 2.45) is 7.05 Å². The predicted octanol–water partition coefficient (Wildman–Crippen LogP) is 2.85. The van der Waals surface area contributed by atoms with E-state index in [1.165, 1.54) is 6.07 Å². The first-order chi connectivity index (χ1) is 6.59. The highest BCUT2D eigenvalue weighted by Gasteiger charge is 2.10. The molecular weight excluding hydrogens is 248 g/mol. The van der Waals surface area contributed by atoms with Gasteiger partial charge in [0.1, 0.15) is 0 Å². The molecule has 14 heavy (non-hydrogen) atoms. The van der Waals surface area contributed by atoms with Crippen LogP contribution in [0.3, 0.4) is 0 Å². The zero-order chi connectivity index (χ0) is 10.3. The number of aryl methyl sites for hydroxylation is 1. The summed E-state index contributed by atoms with van der Waals surface area (Å²) in [4.78, 5) is 10.2. The number of benzene rings is 1. The van der Waals surface area contributed by atoms with Crippen LogP contribution in [0.4, 0.5) is 5.69 Å². The molecule has 2 rings (SSSR count). The van der Waals surface area contributed by atoms with E-state index >= 15 is 0 Å². The van der Waals surface area contributed by atoms with E-state index in [2.05, 4.69) is 15.9 Å². The average Bonchev–Trinajstić information content (AvgIpc) is 2.42. The summed E-state index contributed by atoms with van der Waals surface area (Å²) in [5, 5.41) is 11.4. The van der Waals surface area contributed by atoms with Gasteiger partial charge < -0.3 is 4.57 Å². The molecular formula is C9H7BrN2O2. The van der Waals surface area contributed by atoms with Crippen molar-refractivity contribution in [2.75, 3.05) is 0 Å². The van der Waals surface area contributed by atoms with Gasteiger partial charge in [0, 0.05) is 40.8 Å². The zero-order valence-corrected chi connectivity index (χ0v) is 8.98. The van der Waals surface area contributed by atoms with E-state index in [1.807, 2.05) is 17.8 Å². The van der Waals surface area contributed by atoms with Crippen LogP contribution in [0.5, 0.6) is 0 Å². The number of nitro benzene ring substituents is 1. The molecule has 0 bridgehead atoms. The van der Waals surface area contributed by atoms with Gasteiger partial charge in [-0.05, 0) is 22.0 Å². The van der Waals surface area contributed by atoms with Crippen molar-refractivity contribution in [3.8, 4) is 0 Å². The van der Waals surface area contributed by atoms with Crippen LogP contribution in [0, 0.1) is 10.1 Å². The zero-order valence-electron chi connectivity index (χ0n) is 7.40. The number of aromatic nitrogens is 1. The fourth-order valence-electron chi connectivity index (χ4n) is 1.45. The van der Waals surface area contributed by atoms with Gasteiger partial charge >= 0.3 is 0 Å². The fraction of sp³-hybridized carbons (Fsp3) is 0.111. The summed E-state index contributed by atoms with van der Waals surface area (Å²) in [5.74, 6) is 0. The van der Waals surface area contributed by atoms with Crippen LogP contribution in [0.1, 0.15) is 0 Å². The summed E-state index contributed by atoms with van der Waals surface area (Å²) in [6.07, 6.45) is 1.88. The second-order valence-corrected chi connectivity index (χ2v) is 3.90. The number of non-ortho nitro benzene ring substituents is 1. The minimum atomic E-state index is -0.390. The Labute approximate surface area is 88.4 Å². The topological polar surface area (TPSA) is 48.1 Å². The number of nitrogens with zero attached hydrogens (tertiary/aromatic N) is 2. The van der Waals surface area contributed by atoms with E-state index < -0.39 is 4.92 Å². The van der Waals surface area contributed by atoms with Crippen molar-refractivity contribution in [3.05, 3.63) is 39.0 Å². The number of fused-ring (bicyclic) bond motifs is 1. The third-order valence-electron chi connectivity index (χ3n) is 2.14. The largest absolute Gasteiger partial charge is 0.349 e. The van der Waals surface area contributed by atoms with E-state index in [0.717, 1.165) is 15.4 Å². The van der Waals surface area contributed by atoms with Crippen LogP contribution in [0.15, 0.2) is 28.9 Å². The summed E-state index contributed by atoms with van der Waals surface area (Å²) in [6.45, 7) is 0. The molecule has 5 heteroatoms. The Bertz CT molecular complexity index is 519. The fourth-order valence-corrected chi connectivity index (χ4v) is 2.07. The highest BCUT2D eigenvalue weighted by Crippen LogP contribution is 2.28. The van der Waals surface area contributed by atoms with E-state index in [4.69, 9.17) is 0 Å². The Morgan fingerprint density at radius 3 is 2.86 bits per heavy atom. The number of hydrogen-bond acceptors (Lipinski definition) is 2. The highest BCUT2D eigenvalue weighted by molar-refractivity contribution is 9.10. The van der Waals surface area contributed by atoms with Crippen LogP contribution in [-0.4, -0.2) is 9.49 Å². The van der Waals surface area contributed by atoms with Gasteiger partial charge in [0.05, 0.1) is 4.92 Å². The second kappa shape index (κ2) is 3.09. The van der Waals surface area contributed by atoms with Gasteiger partial charge in [0.2, 0.25) is 0 Å². The quantitative estimate of drug-likeness (QED) is 0.581. The van der Waals surface area contributed by atoms with Crippen molar-refractivity contribution in [2.45, 2.75) is 0 Å². The van der Waals surface area contributed by atoms with Gasteiger partial charge in [-0.15, -0.1) is 0 Å². The normalized spacial score (nSPS) is 10.7. The molecule has 1 heterocycles. The van der Waals surface area contributed by atoms with Crippen LogP contribution in [0.2, 0.25) is 0 Å². The van der Waals surface area contributed by atoms with E-state index in [1.54, 1.807) is 12.1 Å². The Hall–Kier alpha value is -1.36. The first-order valence-corrected chi connectivity index (χ1v) is 4.78. The first-order valence-electron chi connectivity index (χ1n) is 3.98. The molecule has 0 amide bonds. The number of nitro groups is 1. The van der Waals surface area contributed by atoms with Crippen LogP contribution < -0.4 is 0 Å². The summed E-state index contributed by atoms with van der Waals surface area (Å²) in [7, 11) is 1.90. The highest BCUT2D eigenvalue weighted by atomic mass is 79.9. The molecule has 0 saturated heterocycles. The lowest BCUT2D eigenvalue weighted by atomic mass is 10.2. The maximum absolute atomic E-state index is 10.5. The maximum atomic E-state index is 10.5. The Morgan fingerprint density at radius 1 is 1.50 bits per heavy atom. The third-order valence-corrected chi connectivity index (χ3v) is 2.77. The van der Waals surface area contributed by atoms with Gasteiger partial charge in [0.15, 0.2) is 0 Å². The molecule has 0 atom stereocenters. The molecule has 0 N–H and O–H groups in total. The molecule has 0 aliphatic carbocycles. The van der Waals surface area contributed by atoms with Crippen molar-refractivity contribution in [1.29, 1.82) is 0 Å². The predicted molar refractivity (Wildman–Crippen MR) is 57.3 cm³/mol.